The Morgan fingerprint density at radius 2 is 1.86 bits per heavy atom. The van der Waals surface area contributed by atoms with Crippen molar-refractivity contribution < 1.29 is 9.59 Å². The van der Waals surface area contributed by atoms with Gasteiger partial charge in [-0.3, -0.25) is 9.59 Å². The van der Waals surface area contributed by atoms with E-state index in [1.165, 1.54) is 10.5 Å². The Bertz CT molecular complexity index is 561. The molecule has 5 heteroatoms. The van der Waals surface area contributed by atoms with Crippen molar-refractivity contribution in [1.82, 2.24) is 9.80 Å². The zero-order valence-electron chi connectivity index (χ0n) is 12.2. The third kappa shape index (κ3) is 2.79. The Morgan fingerprint density at radius 1 is 1.14 bits per heavy atom. The van der Waals surface area contributed by atoms with Crippen LogP contribution in [0.15, 0.2) is 29.2 Å². The van der Waals surface area contributed by atoms with Gasteiger partial charge >= 0.3 is 11.8 Å². The van der Waals surface area contributed by atoms with Crippen LogP contribution < -0.4 is 0 Å². The minimum Gasteiger partial charge on any atom is -0.333 e. The molecule has 0 N–H and O–H groups in total. The van der Waals surface area contributed by atoms with E-state index in [-0.39, 0.29) is 11.8 Å². The summed E-state index contributed by atoms with van der Waals surface area (Å²) < 4.78 is 0. The highest BCUT2D eigenvalue weighted by atomic mass is 32.2. The molecule has 0 bridgehead atoms. The van der Waals surface area contributed by atoms with Crippen LogP contribution >= 0.6 is 11.8 Å². The summed E-state index contributed by atoms with van der Waals surface area (Å²) in [5.74, 6) is 0.683. The number of thioether (sulfide) groups is 1. The van der Waals surface area contributed by atoms with Crippen molar-refractivity contribution in [2.24, 2.45) is 0 Å². The van der Waals surface area contributed by atoms with Crippen LogP contribution in [0.4, 0.5) is 0 Å². The summed E-state index contributed by atoms with van der Waals surface area (Å²) in [5.41, 5.74) is 1.32. The fourth-order valence-corrected chi connectivity index (χ4v) is 4.26. The van der Waals surface area contributed by atoms with E-state index in [9.17, 15) is 9.59 Å². The molecule has 2 aliphatic heterocycles. The van der Waals surface area contributed by atoms with Gasteiger partial charge in [0.25, 0.3) is 0 Å². The molecule has 3 rings (SSSR count). The van der Waals surface area contributed by atoms with Gasteiger partial charge in [0.1, 0.15) is 0 Å². The summed E-state index contributed by atoms with van der Waals surface area (Å²) in [7, 11) is 0. The molecule has 0 spiro atoms. The van der Waals surface area contributed by atoms with Crippen molar-refractivity contribution >= 4 is 23.6 Å². The van der Waals surface area contributed by atoms with Crippen LogP contribution in [0.2, 0.25) is 0 Å². The van der Waals surface area contributed by atoms with Crippen LogP contribution in [0.3, 0.4) is 0 Å². The fourth-order valence-electron chi connectivity index (χ4n) is 3.02. The van der Waals surface area contributed by atoms with Crippen molar-refractivity contribution in [1.29, 1.82) is 0 Å². The highest BCUT2D eigenvalue weighted by Gasteiger charge is 2.34. The minimum absolute atomic E-state index is 0.330. The number of nitrogens with zero attached hydrogens (tertiary/aromatic N) is 2. The fraction of sp³-hybridized carbons (Fsp3) is 0.500. The zero-order valence-corrected chi connectivity index (χ0v) is 13.1. The first-order valence-corrected chi connectivity index (χ1v) is 8.49. The Labute approximate surface area is 129 Å². The van der Waals surface area contributed by atoms with Gasteiger partial charge in [0.2, 0.25) is 0 Å². The molecule has 0 radical (unpaired) electrons. The van der Waals surface area contributed by atoms with Crippen molar-refractivity contribution in [3.63, 3.8) is 0 Å². The van der Waals surface area contributed by atoms with E-state index < -0.39 is 0 Å². The highest BCUT2D eigenvalue weighted by molar-refractivity contribution is 7.99. The van der Waals surface area contributed by atoms with Gasteiger partial charge < -0.3 is 9.80 Å². The lowest BCUT2D eigenvalue weighted by Gasteiger charge is -2.34. The second-order valence-electron chi connectivity index (χ2n) is 5.59. The number of benzene rings is 1. The molecule has 2 aliphatic rings. The van der Waals surface area contributed by atoms with E-state index in [2.05, 4.69) is 12.1 Å². The van der Waals surface area contributed by atoms with E-state index in [0.717, 1.165) is 12.2 Å². The lowest BCUT2D eigenvalue weighted by molar-refractivity contribution is -0.156. The summed E-state index contributed by atoms with van der Waals surface area (Å²) in [5, 5.41) is 0. The Kier molecular flexibility index (Phi) is 4.19. The van der Waals surface area contributed by atoms with Crippen molar-refractivity contribution in [3.05, 3.63) is 29.8 Å². The monoisotopic (exact) mass is 304 g/mol. The average Bonchev–Trinajstić information content (AvgIpc) is 2.90. The number of carbonyl (C=O) groups excluding carboxylic acids is 2. The van der Waals surface area contributed by atoms with Gasteiger partial charge in [-0.05, 0) is 18.1 Å². The topological polar surface area (TPSA) is 40.6 Å². The quantitative estimate of drug-likeness (QED) is 0.798. The first kappa shape index (κ1) is 14.4. The van der Waals surface area contributed by atoms with Crippen molar-refractivity contribution in [2.45, 2.75) is 24.2 Å². The van der Waals surface area contributed by atoms with Gasteiger partial charge in [0, 0.05) is 42.7 Å². The Balaban J connectivity index is 1.67. The van der Waals surface area contributed by atoms with E-state index in [0.29, 0.717) is 32.1 Å². The molecule has 1 atom stereocenters. The number of carbonyl (C=O) groups is 2. The van der Waals surface area contributed by atoms with Crippen molar-refractivity contribution in [3.8, 4) is 0 Å². The molecule has 1 fully saturated rings. The Morgan fingerprint density at radius 3 is 2.67 bits per heavy atom. The summed E-state index contributed by atoms with van der Waals surface area (Å²) in [6.07, 6.45) is 0.895. The molecule has 2 heterocycles. The van der Waals surface area contributed by atoms with Crippen LogP contribution in [-0.4, -0.2) is 53.5 Å². The van der Waals surface area contributed by atoms with Gasteiger partial charge in [0.15, 0.2) is 0 Å². The maximum Gasteiger partial charge on any atom is 0.312 e. The SMILES string of the molecule is CCCN1CCN(CC2CSc3ccccc32)C(=O)C1=O. The standard InChI is InChI=1S/C16H20N2O2S/c1-2-7-17-8-9-18(16(20)15(17)19)10-12-11-21-14-6-4-3-5-13(12)14/h3-6,12H,2,7-11H2,1H3. The molecular weight excluding hydrogens is 284 g/mol. The first-order chi connectivity index (χ1) is 10.2. The highest BCUT2D eigenvalue weighted by Crippen LogP contribution is 2.39. The predicted octanol–water partition coefficient (Wildman–Crippen LogP) is 1.96. The number of fused-ring (bicyclic) bond motifs is 1. The molecule has 1 aromatic rings. The second kappa shape index (κ2) is 6.10. The van der Waals surface area contributed by atoms with E-state index in [1.54, 1.807) is 9.80 Å². The molecule has 4 nitrogen and oxygen atoms in total. The molecule has 0 aromatic heterocycles. The molecule has 112 valence electrons. The maximum absolute atomic E-state index is 12.2. The number of amides is 2. The van der Waals surface area contributed by atoms with E-state index in [1.807, 2.05) is 30.8 Å². The van der Waals surface area contributed by atoms with Crippen LogP contribution in [-0.2, 0) is 9.59 Å². The molecule has 2 amide bonds. The molecule has 1 aromatic carbocycles. The van der Waals surface area contributed by atoms with Gasteiger partial charge in [-0.1, -0.05) is 25.1 Å². The second-order valence-corrected chi connectivity index (χ2v) is 6.65. The van der Waals surface area contributed by atoms with E-state index in [4.69, 9.17) is 0 Å². The lowest BCUT2D eigenvalue weighted by Crippen LogP contribution is -2.55. The predicted molar refractivity (Wildman–Crippen MR) is 83.4 cm³/mol. The smallest absolute Gasteiger partial charge is 0.312 e. The van der Waals surface area contributed by atoms with Crippen LogP contribution in [0.5, 0.6) is 0 Å². The van der Waals surface area contributed by atoms with Gasteiger partial charge in [0.05, 0.1) is 0 Å². The zero-order chi connectivity index (χ0) is 14.8. The number of hydrogen-bond donors (Lipinski definition) is 0. The van der Waals surface area contributed by atoms with Gasteiger partial charge in [-0.2, -0.15) is 0 Å². The Hall–Kier alpha value is -1.49. The van der Waals surface area contributed by atoms with Gasteiger partial charge in [-0.15, -0.1) is 11.8 Å². The summed E-state index contributed by atoms with van der Waals surface area (Å²) in [6.45, 7) is 4.69. The number of hydrogen-bond acceptors (Lipinski definition) is 3. The summed E-state index contributed by atoms with van der Waals surface area (Å²) in [4.78, 5) is 29.0. The minimum atomic E-state index is -0.331. The normalized spacial score (nSPS) is 21.9. The molecule has 1 saturated heterocycles. The van der Waals surface area contributed by atoms with Crippen LogP contribution in [0.25, 0.3) is 0 Å². The maximum atomic E-state index is 12.2. The van der Waals surface area contributed by atoms with Crippen LogP contribution in [0, 0.1) is 0 Å². The van der Waals surface area contributed by atoms with Crippen LogP contribution in [0.1, 0.15) is 24.8 Å². The largest absolute Gasteiger partial charge is 0.333 e. The number of rotatable bonds is 4. The van der Waals surface area contributed by atoms with Crippen molar-refractivity contribution in [2.75, 3.05) is 31.9 Å². The number of piperazine rings is 1. The molecule has 0 saturated carbocycles. The summed E-state index contributed by atoms with van der Waals surface area (Å²) >= 11 is 1.84. The first-order valence-electron chi connectivity index (χ1n) is 7.50. The molecule has 1 unspecified atom stereocenters. The molecular formula is C16H20N2O2S. The van der Waals surface area contributed by atoms with Gasteiger partial charge in [-0.25, -0.2) is 0 Å². The van der Waals surface area contributed by atoms with E-state index >= 15 is 0 Å². The average molecular weight is 304 g/mol. The third-order valence-corrected chi connectivity index (χ3v) is 5.38. The summed E-state index contributed by atoms with van der Waals surface area (Å²) in [6, 6.07) is 8.36. The lowest BCUT2D eigenvalue weighted by atomic mass is 10.0. The third-order valence-electron chi connectivity index (χ3n) is 4.13. The molecule has 0 aliphatic carbocycles. The molecule has 21 heavy (non-hydrogen) atoms.